The van der Waals surface area contributed by atoms with E-state index in [9.17, 15) is 4.79 Å². The fraction of sp³-hybridized carbons (Fsp3) is 0.100. The van der Waals surface area contributed by atoms with E-state index in [1.165, 1.54) is 6.08 Å². The number of amides is 1. The Bertz CT molecular complexity index is 813. The molecule has 0 aromatic heterocycles. The third-order valence-corrected chi connectivity index (χ3v) is 3.23. The average Bonchev–Trinajstić information content (AvgIpc) is 2.58. The van der Waals surface area contributed by atoms with Gasteiger partial charge in [0.1, 0.15) is 11.5 Å². The smallest absolute Gasteiger partial charge is 0.248 e. The van der Waals surface area contributed by atoms with Gasteiger partial charge in [-0.2, -0.15) is 5.26 Å². The first-order chi connectivity index (χ1) is 11.6. The molecule has 0 fully saturated rings. The van der Waals surface area contributed by atoms with E-state index in [0.29, 0.717) is 17.1 Å². The molecule has 2 aromatic rings. The minimum absolute atomic E-state index is 0.183. The molecular weight excluding hydrogens is 300 g/mol. The third kappa shape index (κ3) is 4.85. The summed E-state index contributed by atoms with van der Waals surface area (Å²) in [5.74, 6) is 1.14. The molecule has 0 atom stereocenters. The average molecular weight is 318 g/mol. The van der Waals surface area contributed by atoms with Crippen LogP contribution >= 0.6 is 0 Å². The Morgan fingerprint density at radius 2 is 1.83 bits per heavy atom. The minimum atomic E-state index is -0.183. The summed E-state index contributed by atoms with van der Waals surface area (Å²) in [6.45, 7) is 3.79. The minimum Gasteiger partial charge on any atom is -0.457 e. The zero-order valence-corrected chi connectivity index (χ0v) is 13.6. The Morgan fingerprint density at radius 3 is 2.46 bits per heavy atom. The number of aryl methyl sites for hydroxylation is 1. The largest absolute Gasteiger partial charge is 0.457 e. The highest BCUT2D eigenvalue weighted by molar-refractivity contribution is 5.99. The normalized spacial score (nSPS) is 10.7. The summed E-state index contributed by atoms with van der Waals surface area (Å²) in [4.78, 5) is 11.8. The summed E-state index contributed by atoms with van der Waals surface area (Å²) >= 11 is 0. The SMILES string of the molecule is C/C=C/C=C/C(=O)Nc1ccc(Oc2ccc(C#N)cc2)cc1C. The van der Waals surface area contributed by atoms with E-state index >= 15 is 0 Å². The van der Waals surface area contributed by atoms with Gasteiger partial charge in [-0.3, -0.25) is 4.79 Å². The molecule has 2 aromatic carbocycles. The monoisotopic (exact) mass is 318 g/mol. The van der Waals surface area contributed by atoms with Gasteiger partial charge in [0.2, 0.25) is 5.91 Å². The van der Waals surface area contributed by atoms with E-state index in [-0.39, 0.29) is 5.91 Å². The lowest BCUT2D eigenvalue weighted by Gasteiger charge is -2.10. The lowest BCUT2D eigenvalue weighted by atomic mass is 10.2. The molecule has 120 valence electrons. The maximum atomic E-state index is 11.8. The third-order valence-electron chi connectivity index (χ3n) is 3.23. The first-order valence-corrected chi connectivity index (χ1v) is 7.51. The van der Waals surface area contributed by atoms with Gasteiger partial charge in [0, 0.05) is 11.8 Å². The van der Waals surface area contributed by atoms with Gasteiger partial charge in [0.25, 0.3) is 0 Å². The van der Waals surface area contributed by atoms with E-state index in [1.807, 2.05) is 26.0 Å². The van der Waals surface area contributed by atoms with Crippen LogP contribution in [0.5, 0.6) is 11.5 Å². The van der Waals surface area contributed by atoms with Crippen molar-refractivity contribution >= 4 is 11.6 Å². The lowest BCUT2D eigenvalue weighted by Crippen LogP contribution is -2.08. The number of hydrogen-bond donors (Lipinski definition) is 1. The van der Waals surface area contributed by atoms with Gasteiger partial charge >= 0.3 is 0 Å². The molecule has 24 heavy (non-hydrogen) atoms. The van der Waals surface area contributed by atoms with Crippen molar-refractivity contribution in [2.24, 2.45) is 0 Å². The maximum absolute atomic E-state index is 11.8. The summed E-state index contributed by atoms with van der Waals surface area (Å²) < 4.78 is 5.75. The summed E-state index contributed by atoms with van der Waals surface area (Å²) in [7, 11) is 0. The lowest BCUT2D eigenvalue weighted by molar-refractivity contribution is -0.111. The molecule has 4 nitrogen and oxygen atoms in total. The van der Waals surface area contributed by atoms with Gasteiger partial charge in [-0.15, -0.1) is 0 Å². The second kappa shape index (κ2) is 8.35. The van der Waals surface area contributed by atoms with Crippen LogP contribution < -0.4 is 10.1 Å². The molecule has 0 radical (unpaired) electrons. The zero-order valence-electron chi connectivity index (χ0n) is 13.6. The van der Waals surface area contributed by atoms with Crippen molar-refractivity contribution in [3.63, 3.8) is 0 Å². The van der Waals surface area contributed by atoms with Crippen molar-refractivity contribution in [3.8, 4) is 17.6 Å². The highest BCUT2D eigenvalue weighted by Crippen LogP contribution is 2.26. The summed E-state index contributed by atoms with van der Waals surface area (Å²) in [5.41, 5.74) is 2.22. The number of carbonyl (C=O) groups excluding carboxylic acids is 1. The molecule has 0 aliphatic carbocycles. The first-order valence-electron chi connectivity index (χ1n) is 7.51. The van der Waals surface area contributed by atoms with Crippen LogP contribution in [0, 0.1) is 18.3 Å². The molecule has 0 heterocycles. The van der Waals surface area contributed by atoms with E-state index in [4.69, 9.17) is 10.00 Å². The number of rotatable bonds is 5. The number of carbonyl (C=O) groups is 1. The molecule has 0 aliphatic heterocycles. The van der Waals surface area contributed by atoms with Gasteiger partial charge in [0.15, 0.2) is 0 Å². The van der Waals surface area contributed by atoms with E-state index < -0.39 is 0 Å². The molecule has 0 aliphatic rings. The predicted octanol–water partition coefficient (Wildman–Crippen LogP) is 4.73. The number of allylic oxidation sites excluding steroid dienone is 3. The van der Waals surface area contributed by atoms with Crippen LogP contribution in [-0.4, -0.2) is 5.91 Å². The zero-order chi connectivity index (χ0) is 17.4. The number of ether oxygens (including phenoxy) is 1. The Kier molecular flexibility index (Phi) is 5.93. The molecular formula is C20H18N2O2. The van der Waals surface area contributed by atoms with E-state index in [0.717, 1.165) is 11.3 Å². The number of nitrogens with one attached hydrogen (secondary N) is 1. The van der Waals surface area contributed by atoms with Crippen molar-refractivity contribution in [2.75, 3.05) is 5.32 Å². The molecule has 1 N–H and O–H groups in total. The molecule has 2 rings (SSSR count). The molecule has 0 bridgehead atoms. The Morgan fingerprint density at radius 1 is 1.12 bits per heavy atom. The van der Waals surface area contributed by atoms with Gasteiger partial charge < -0.3 is 10.1 Å². The Hall–Kier alpha value is -3.32. The number of hydrogen-bond acceptors (Lipinski definition) is 3. The van der Waals surface area contributed by atoms with Crippen LogP contribution in [-0.2, 0) is 4.79 Å². The molecule has 0 saturated heterocycles. The van der Waals surface area contributed by atoms with Gasteiger partial charge in [0.05, 0.1) is 11.6 Å². The summed E-state index contributed by atoms with van der Waals surface area (Å²) in [5, 5.41) is 11.6. The van der Waals surface area contributed by atoms with Gasteiger partial charge in [-0.25, -0.2) is 0 Å². The maximum Gasteiger partial charge on any atom is 0.248 e. The summed E-state index contributed by atoms with van der Waals surface area (Å²) in [6, 6.07) is 14.4. The van der Waals surface area contributed by atoms with Gasteiger partial charge in [-0.1, -0.05) is 18.2 Å². The first kappa shape index (κ1) is 17.0. The number of nitriles is 1. The standard InChI is InChI=1S/C20H18N2O2/c1-3-4-5-6-20(23)22-19-12-11-18(13-15(19)2)24-17-9-7-16(14-21)8-10-17/h3-13H,1-2H3,(H,22,23)/b4-3+,6-5+. The van der Waals surface area contributed by atoms with Gasteiger partial charge in [-0.05, 0) is 61.9 Å². The molecule has 0 saturated carbocycles. The summed E-state index contributed by atoms with van der Waals surface area (Å²) in [6.07, 6.45) is 6.80. The van der Waals surface area contributed by atoms with Crippen LogP contribution in [0.2, 0.25) is 0 Å². The predicted molar refractivity (Wildman–Crippen MR) is 95.0 cm³/mol. The van der Waals surface area contributed by atoms with Crippen LogP contribution in [0.3, 0.4) is 0 Å². The number of anilines is 1. The van der Waals surface area contributed by atoms with Crippen molar-refractivity contribution in [1.82, 2.24) is 0 Å². The highest BCUT2D eigenvalue weighted by atomic mass is 16.5. The molecule has 1 amide bonds. The van der Waals surface area contributed by atoms with Crippen molar-refractivity contribution < 1.29 is 9.53 Å². The fourth-order valence-corrected chi connectivity index (χ4v) is 2.00. The topological polar surface area (TPSA) is 62.1 Å². The molecule has 0 unspecified atom stereocenters. The van der Waals surface area contributed by atoms with Crippen molar-refractivity contribution in [1.29, 1.82) is 5.26 Å². The van der Waals surface area contributed by atoms with Crippen LogP contribution in [0.1, 0.15) is 18.1 Å². The molecule has 4 heteroatoms. The highest BCUT2D eigenvalue weighted by Gasteiger charge is 2.04. The van der Waals surface area contributed by atoms with Crippen LogP contribution in [0.15, 0.2) is 66.8 Å². The number of benzene rings is 2. The fourth-order valence-electron chi connectivity index (χ4n) is 2.00. The second-order valence-electron chi connectivity index (χ2n) is 5.09. The number of nitrogens with zero attached hydrogens (tertiary/aromatic N) is 1. The van der Waals surface area contributed by atoms with Crippen molar-refractivity contribution in [2.45, 2.75) is 13.8 Å². The van der Waals surface area contributed by atoms with Crippen LogP contribution in [0.4, 0.5) is 5.69 Å². The second-order valence-corrected chi connectivity index (χ2v) is 5.09. The van der Waals surface area contributed by atoms with E-state index in [2.05, 4.69) is 11.4 Å². The Labute approximate surface area is 141 Å². The quantitative estimate of drug-likeness (QED) is 0.640. The Balaban J connectivity index is 2.06. The van der Waals surface area contributed by atoms with Crippen molar-refractivity contribution in [3.05, 3.63) is 77.9 Å². The molecule has 0 spiro atoms. The van der Waals surface area contributed by atoms with Crippen LogP contribution in [0.25, 0.3) is 0 Å². The van der Waals surface area contributed by atoms with E-state index in [1.54, 1.807) is 48.6 Å².